The molecule has 3 nitrogen and oxygen atoms in total. The molecule has 2 amide bonds. The quantitative estimate of drug-likeness (QED) is 0.710. The van der Waals surface area contributed by atoms with Crippen molar-refractivity contribution >= 4 is 11.8 Å². The molecular weight excluding hydrogens is 238 g/mol. The summed E-state index contributed by atoms with van der Waals surface area (Å²) >= 11 is 0. The van der Waals surface area contributed by atoms with Crippen LogP contribution in [0.2, 0.25) is 0 Å². The molecule has 0 aliphatic carbocycles. The number of rotatable bonds is 2. The van der Waals surface area contributed by atoms with Gasteiger partial charge < -0.3 is 0 Å². The maximum Gasteiger partial charge on any atom is 0.233 e. The molecule has 1 fully saturated rings. The molecule has 1 atom stereocenters. The maximum atomic E-state index is 12.0. The van der Waals surface area contributed by atoms with Gasteiger partial charge in [-0.15, -0.1) is 0 Å². The van der Waals surface area contributed by atoms with E-state index in [0.29, 0.717) is 6.42 Å². The molecule has 1 saturated heterocycles. The van der Waals surface area contributed by atoms with Crippen LogP contribution in [0.3, 0.4) is 0 Å². The third-order valence-corrected chi connectivity index (χ3v) is 2.94. The first kappa shape index (κ1) is 18.1. The predicted octanol–water partition coefficient (Wildman–Crippen LogP) is 4.01. The lowest BCUT2D eigenvalue weighted by molar-refractivity contribution is -0.146. The van der Waals surface area contributed by atoms with E-state index in [9.17, 15) is 9.59 Å². The molecule has 1 aliphatic rings. The molecule has 0 saturated carbocycles. The summed E-state index contributed by atoms with van der Waals surface area (Å²) in [5.41, 5.74) is -0.271. The van der Waals surface area contributed by atoms with Gasteiger partial charge in [0.1, 0.15) is 0 Å². The fraction of sp³-hybridized carbons (Fsp3) is 0.875. The lowest BCUT2D eigenvalue weighted by Gasteiger charge is -2.39. The lowest BCUT2D eigenvalue weighted by Crippen LogP contribution is -2.49. The summed E-state index contributed by atoms with van der Waals surface area (Å²) in [6, 6.07) is 0. The predicted molar refractivity (Wildman–Crippen MR) is 79.8 cm³/mol. The molecule has 0 aromatic carbocycles. The molecule has 19 heavy (non-hydrogen) atoms. The summed E-state index contributed by atoms with van der Waals surface area (Å²) in [7, 11) is 0. The second kappa shape index (κ2) is 6.53. The summed E-state index contributed by atoms with van der Waals surface area (Å²) in [5.74, 6) is -0.183. The molecular formula is C16H31NO2. The molecule has 1 unspecified atom stereocenters. The van der Waals surface area contributed by atoms with Gasteiger partial charge in [-0.2, -0.15) is 0 Å². The van der Waals surface area contributed by atoms with Gasteiger partial charge in [0.2, 0.25) is 11.8 Å². The number of imide groups is 1. The summed E-state index contributed by atoms with van der Waals surface area (Å²) < 4.78 is 0. The van der Waals surface area contributed by atoms with Gasteiger partial charge in [-0.25, -0.2) is 0 Å². The largest absolute Gasteiger partial charge is 0.277 e. The van der Waals surface area contributed by atoms with E-state index in [1.165, 1.54) is 11.3 Å². The average Bonchev–Trinajstić information content (AvgIpc) is 2.37. The molecule has 3 heteroatoms. The molecule has 112 valence electrons. The van der Waals surface area contributed by atoms with Crippen molar-refractivity contribution in [3.8, 4) is 0 Å². The summed E-state index contributed by atoms with van der Waals surface area (Å²) in [5, 5.41) is 0. The third kappa shape index (κ3) is 5.33. The zero-order valence-electron chi connectivity index (χ0n) is 14.0. The van der Waals surface area contributed by atoms with Crippen LogP contribution in [0.15, 0.2) is 0 Å². The number of carbonyl (C=O) groups is 2. The number of hydrogen-bond acceptors (Lipinski definition) is 2. The van der Waals surface area contributed by atoms with Crippen molar-refractivity contribution in [2.45, 2.75) is 80.2 Å². The van der Waals surface area contributed by atoms with Crippen molar-refractivity contribution in [1.82, 2.24) is 4.90 Å². The zero-order valence-corrected chi connectivity index (χ0v) is 14.0. The van der Waals surface area contributed by atoms with Gasteiger partial charge in [0, 0.05) is 17.9 Å². The first-order chi connectivity index (χ1) is 8.46. The Bertz CT molecular complexity index is 326. The van der Waals surface area contributed by atoms with Crippen LogP contribution in [0.5, 0.6) is 0 Å². The number of carbonyl (C=O) groups excluding carboxylic acids is 2. The van der Waals surface area contributed by atoms with Crippen LogP contribution < -0.4 is 0 Å². The number of amides is 2. The van der Waals surface area contributed by atoms with Gasteiger partial charge >= 0.3 is 0 Å². The van der Waals surface area contributed by atoms with Crippen molar-refractivity contribution in [3.05, 3.63) is 0 Å². The summed E-state index contributed by atoms with van der Waals surface area (Å²) in [6.07, 6.45) is 2.44. The van der Waals surface area contributed by atoms with Crippen molar-refractivity contribution in [1.29, 1.82) is 0 Å². The number of likely N-dealkylation sites (tertiary alicyclic amines) is 1. The Morgan fingerprint density at radius 3 is 1.79 bits per heavy atom. The van der Waals surface area contributed by atoms with E-state index < -0.39 is 0 Å². The SMILES string of the molecule is CC1CC(=O)N(C(C)(C)CC(C)(C)C)C1=O.CCC. The Morgan fingerprint density at radius 1 is 1.11 bits per heavy atom. The van der Waals surface area contributed by atoms with E-state index in [-0.39, 0.29) is 28.7 Å². The van der Waals surface area contributed by atoms with Crippen LogP contribution in [-0.2, 0) is 9.59 Å². The minimum Gasteiger partial charge on any atom is -0.277 e. The van der Waals surface area contributed by atoms with Gasteiger partial charge in [0.25, 0.3) is 0 Å². The van der Waals surface area contributed by atoms with E-state index in [1.54, 1.807) is 0 Å². The lowest BCUT2D eigenvalue weighted by atomic mass is 9.81. The van der Waals surface area contributed by atoms with Crippen LogP contribution in [0, 0.1) is 11.3 Å². The highest BCUT2D eigenvalue weighted by atomic mass is 16.2. The normalized spacial score (nSPS) is 20.4. The van der Waals surface area contributed by atoms with Crippen LogP contribution in [0.4, 0.5) is 0 Å². The van der Waals surface area contributed by atoms with Crippen LogP contribution in [0.25, 0.3) is 0 Å². The molecule has 1 rings (SSSR count). The van der Waals surface area contributed by atoms with Gasteiger partial charge in [0.05, 0.1) is 0 Å². The van der Waals surface area contributed by atoms with Crippen molar-refractivity contribution in [2.75, 3.05) is 0 Å². The number of hydrogen-bond donors (Lipinski definition) is 0. The van der Waals surface area contributed by atoms with Crippen LogP contribution in [0.1, 0.15) is 74.7 Å². The highest BCUT2D eigenvalue weighted by Gasteiger charge is 2.45. The second-order valence-corrected chi connectivity index (χ2v) is 7.43. The highest BCUT2D eigenvalue weighted by molar-refractivity contribution is 6.04. The van der Waals surface area contributed by atoms with E-state index >= 15 is 0 Å². The minimum absolute atomic E-state index is 0.0146. The smallest absolute Gasteiger partial charge is 0.233 e. The van der Waals surface area contributed by atoms with E-state index in [4.69, 9.17) is 0 Å². The summed E-state index contributed by atoms with van der Waals surface area (Å²) in [6.45, 7) is 16.4. The molecule has 1 aliphatic heterocycles. The van der Waals surface area contributed by atoms with Gasteiger partial charge in [-0.05, 0) is 25.7 Å². The Kier molecular flexibility index (Phi) is 6.24. The fourth-order valence-corrected chi connectivity index (χ4v) is 2.80. The van der Waals surface area contributed by atoms with Crippen molar-refractivity contribution < 1.29 is 9.59 Å². The first-order valence-electron chi connectivity index (χ1n) is 7.33. The molecule has 0 aromatic rings. The van der Waals surface area contributed by atoms with Crippen LogP contribution in [-0.4, -0.2) is 22.3 Å². The molecule has 0 N–H and O–H groups in total. The van der Waals surface area contributed by atoms with Crippen LogP contribution >= 0.6 is 0 Å². The van der Waals surface area contributed by atoms with E-state index in [2.05, 4.69) is 34.6 Å². The molecule has 0 aromatic heterocycles. The number of nitrogens with zero attached hydrogens (tertiary/aromatic N) is 1. The average molecular weight is 269 g/mol. The molecule has 0 radical (unpaired) electrons. The molecule has 0 bridgehead atoms. The fourth-order valence-electron chi connectivity index (χ4n) is 2.80. The molecule has 0 spiro atoms. The monoisotopic (exact) mass is 269 g/mol. The third-order valence-electron chi connectivity index (χ3n) is 2.94. The van der Waals surface area contributed by atoms with E-state index in [1.807, 2.05) is 20.8 Å². The standard InChI is InChI=1S/C13H23NO2.C3H8/c1-9-7-10(15)14(11(9)16)13(5,6)8-12(2,3)4;1-3-2/h9H,7-8H2,1-6H3;3H2,1-2H3. The van der Waals surface area contributed by atoms with Crippen molar-refractivity contribution in [3.63, 3.8) is 0 Å². The molecule has 1 heterocycles. The highest BCUT2D eigenvalue weighted by Crippen LogP contribution is 2.35. The van der Waals surface area contributed by atoms with Gasteiger partial charge in [0.15, 0.2) is 0 Å². The first-order valence-corrected chi connectivity index (χ1v) is 7.33. The zero-order chi connectivity index (χ0) is 15.4. The Labute approximate surface area is 118 Å². The van der Waals surface area contributed by atoms with Gasteiger partial charge in [-0.1, -0.05) is 48.0 Å². The topological polar surface area (TPSA) is 37.4 Å². The summed E-state index contributed by atoms with van der Waals surface area (Å²) in [4.78, 5) is 25.3. The van der Waals surface area contributed by atoms with E-state index in [0.717, 1.165) is 6.42 Å². The Balaban J connectivity index is 0.000000982. The van der Waals surface area contributed by atoms with Crippen molar-refractivity contribution in [2.24, 2.45) is 11.3 Å². The Hall–Kier alpha value is -0.860. The Morgan fingerprint density at radius 2 is 1.53 bits per heavy atom. The maximum absolute atomic E-state index is 12.0. The minimum atomic E-state index is -0.378. The van der Waals surface area contributed by atoms with Gasteiger partial charge in [-0.3, -0.25) is 14.5 Å². The second-order valence-electron chi connectivity index (χ2n) is 7.43.